The standard InChI is InChI=1S/C14H20N4/c1-10(13-5-7-15-8-6-13)16-11(2)14-9-18(4)17-12(14)3/h5-11,16H,1-4H3/t10-,11?/m0/s1. The fourth-order valence-electron chi connectivity index (χ4n) is 2.26. The molecule has 0 aliphatic carbocycles. The van der Waals surface area contributed by atoms with E-state index in [-0.39, 0.29) is 6.04 Å². The highest BCUT2D eigenvalue weighted by molar-refractivity contribution is 5.21. The van der Waals surface area contributed by atoms with Gasteiger partial charge in [-0.2, -0.15) is 5.10 Å². The minimum absolute atomic E-state index is 0.280. The number of aryl methyl sites for hydroxylation is 2. The molecule has 18 heavy (non-hydrogen) atoms. The average molecular weight is 244 g/mol. The molecule has 1 N–H and O–H groups in total. The van der Waals surface area contributed by atoms with Gasteiger partial charge in [-0.1, -0.05) is 0 Å². The van der Waals surface area contributed by atoms with Crippen molar-refractivity contribution in [3.63, 3.8) is 0 Å². The first-order chi connectivity index (χ1) is 8.58. The van der Waals surface area contributed by atoms with Crippen LogP contribution in [0.1, 0.15) is 42.8 Å². The van der Waals surface area contributed by atoms with Gasteiger partial charge in [0, 0.05) is 43.3 Å². The number of aromatic nitrogens is 3. The predicted molar refractivity (Wildman–Crippen MR) is 72.1 cm³/mol. The lowest BCUT2D eigenvalue weighted by molar-refractivity contribution is 0.493. The van der Waals surface area contributed by atoms with E-state index in [1.807, 2.05) is 43.2 Å². The normalized spacial score (nSPS) is 14.4. The van der Waals surface area contributed by atoms with Crippen LogP contribution in [-0.4, -0.2) is 14.8 Å². The summed E-state index contributed by atoms with van der Waals surface area (Å²) in [7, 11) is 1.95. The number of hydrogen-bond acceptors (Lipinski definition) is 3. The highest BCUT2D eigenvalue weighted by Crippen LogP contribution is 2.20. The van der Waals surface area contributed by atoms with E-state index in [0.717, 1.165) is 5.69 Å². The number of rotatable bonds is 4. The molecule has 0 spiro atoms. The quantitative estimate of drug-likeness (QED) is 0.898. The average Bonchev–Trinajstić information content (AvgIpc) is 2.69. The van der Waals surface area contributed by atoms with E-state index in [0.29, 0.717) is 6.04 Å². The predicted octanol–water partition coefficient (Wildman–Crippen LogP) is 2.54. The van der Waals surface area contributed by atoms with Crippen LogP contribution in [0.4, 0.5) is 0 Å². The van der Waals surface area contributed by atoms with Crippen LogP contribution in [0.15, 0.2) is 30.7 Å². The first-order valence-corrected chi connectivity index (χ1v) is 6.24. The van der Waals surface area contributed by atoms with Gasteiger partial charge in [-0.15, -0.1) is 0 Å². The van der Waals surface area contributed by atoms with Gasteiger partial charge >= 0.3 is 0 Å². The molecule has 4 nitrogen and oxygen atoms in total. The van der Waals surface area contributed by atoms with Crippen molar-refractivity contribution in [1.82, 2.24) is 20.1 Å². The summed E-state index contributed by atoms with van der Waals surface area (Å²) in [6.07, 6.45) is 5.73. The molecule has 0 aliphatic heterocycles. The molecule has 0 amide bonds. The molecule has 0 aliphatic rings. The fraction of sp³-hybridized carbons (Fsp3) is 0.429. The number of pyridine rings is 1. The Bertz CT molecular complexity index is 504. The van der Waals surface area contributed by atoms with Crippen molar-refractivity contribution in [2.45, 2.75) is 32.9 Å². The Morgan fingerprint density at radius 3 is 2.39 bits per heavy atom. The van der Waals surface area contributed by atoms with Gasteiger partial charge in [0.25, 0.3) is 0 Å². The van der Waals surface area contributed by atoms with Crippen molar-refractivity contribution in [3.05, 3.63) is 47.5 Å². The Morgan fingerprint density at radius 1 is 1.17 bits per heavy atom. The third-order valence-electron chi connectivity index (χ3n) is 3.22. The summed E-state index contributed by atoms with van der Waals surface area (Å²) < 4.78 is 1.86. The lowest BCUT2D eigenvalue weighted by Gasteiger charge is -2.20. The first kappa shape index (κ1) is 12.8. The van der Waals surface area contributed by atoms with Crippen LogP contribution in [0.5, 0.6) is 0 Å². The topological polar surface area (TPSA) is 42.7 Å². The third-order valence-corrected chi connectivity index (χ3v) is 3.22. The van der Waals surface area contributed by atoms with E-state index in [9.17, 15) is 0 Å². The van der Waals surface area contributed by atoms with Crippen LogP contribution < -0.4 is 5.32 Å². The second-order valence-corrected chi connectivity index (χ2v) is 4.73. The molecule has 0 bridgehead atoms. The fourth-order valence-corrected chi connectivity index (χ4v) is 2.26. The zero-order valence-corrected chi connectivity index (χ0v) is 11.4. The zero-order valence-electron chi connectivity index (χ0n) is 11.4. The maximum atomic E-state index is 4.38. The lowest BCUT2D eigenvalue weighted by atomic mass is 10.1. The Labute approximate surface area is 108 Å². The Morgan fingerprint density at radius 2 is 1.83 bits per heavy atom. The molecule has 0 fully saturated rings. The van der Waals surface area contributed by atoms with Gasteiger partial charge in [0.1, 0.15) is 0 Å². The van der Waals surface area contributed by atoms with E-state index < -0.39 is 0 Å². The van der Waals surface area contributed by atoms with Crippen molar-refractivity contribution in [2.75, 3.05) is 0 Å². The van der Waals surface area contributed by atoms with Crippen molar-refractivity contribution in [1.29, 1.82) is 0 Å². The van der Waals surface area contributed by atoms with E-state index >= 15 is 0 Å². The van der Waals surface area contributed by atoms with Crippen molar-refractivity contribution in [2.24, 2.45) is 7.05 Å². The van der Waals surface area contributed by atoms with Crippen molar-refractivity contribution >= 4 is 0 Å². The second-order valence-electron chi connectivity index (χ2n) is 4.73. The molecule has 2 heterocycles. The summed E-state index contributed by atoms with van der Waals surface area (Å²) in [5.74, 6) is 0. The Hall–Kier alpha value is -1.68. The molecule has 0 saturated carbocycles. The number of hydrogen-bond donors (Lipinski definition) is 1. The highest BCUT2D eigenvalue weighted by atomic mass is 15.3. The summed E-state index contributed by atoms with van der Waals surface area (Å²) in [6.45, 7) is 6.38. The van der Waals surface area contributed by atoms with Gasteiger partial charge < -0.3 is 5.32 Å². The molecule has 2 atom stereocenters. The van der Waals surface area contributed by atoms with E-state index in [1.54, 1.807) is 0 Å². The number of nitrogens with zero attached hydrogens (tertiary/aromatic N) is 3. The minimum atomic E-state index is 0.280. The summed E-state index contributed by atoms with van der Waals surface area (Å²) in [6, 6.07) is 4.66. The zero-order chi connectivity index (χ0) is 13.1. The molecule has 2 aromatic heterocycles. The molecular formula is C14H20N4. The van der Waals surface area contributed by atoms with Crippen LogP contribution in [0, 0.1) is 6.92 Å². The van der Waals surface area contributed by atoms with Gasteiger partial charge in [-0.25, -0.2) is 0 Å². The van der Waals surface area contributed by atoms with Gasteiger partial charge in [0.15, 0.2) is 0 Å². The van der Waals surface area contributed by atoms with E-state index in [4.69, 9.17) is 0 Å². The lowest BCUT2D eigenvalue weighted by Crippen LogP contribution is -2.22. The molecule has 96 valence electrons. The summed E-state index contributed by atoms with van der Waals surface area (Å²) >= 11 is 0. The van der Waals surface area contributed by atoms with Crippen LogP contribution in [0.3, 0.4) is 0 Å². The van der Waals surface area contributed by atoms with Crippen molar-refractivity contribution < 1.29 is 0 Å². The van der Waals surface area contributed by atoms with Gasteiger partial charge in [-0.05, 0) is 38.5 Å². The van der Waals surface area contributed by atoms with Crippen molar-refractivity contribution in [3.8, 4) is 0 Å². The second kappa shape index (κ2) is 5.31. The molecule has 0 aromatic carbocycles. The number of nitrogens with one attached hydrogen (secondary N) is 1. The molecule has 0 radical (unpaired) electrons. The van der Waals surface area contributed by atoms with Crippen LogP contribution in [0.25, 0.3) is 0 Å². The van der Waals surface area contributed by atoms with Crippen LogP contribution in [0.2, 0.25) is 0 Å². The molecule has 2 rings (SSSR count). The van der Waals surface area contributed by atoms with Crippen LogP contribution in [-0.2, 0) is 7.05 Å². The Kier molecular flexibility index (Phi) is 3.77. The molecule has 0 saturated heterocycles. The molecule has 2 aromatic rings. The Balaban J connectivity index is 2.08. The SMILES string of the molecule is Cc1nn(C)cc1C(C)N[C@@H](C)c1ccncc1. The van der Waals surface area contributed by atoms with E-state index in [2.05, 4.69) is 35.4 Å². The summed E-state index contributed by atoms with van der Waals surface area (Å²) in [4.78, 5) is 4.04. The smallest absolute Gasteiger partial charge is 0.0641 e. The van der Waals surface area contributed by atoms with Gasteiger partial charge in [-0.3, -0.25) is 9.67 Å². The largest absolute Gasteiger partial charge is 0.304 e. The monoisotopic (exact) mass is 244 g/mol. The summed E-state index contributed by atoms with van der Waals surface area (Å²) in [5.41, 5.74) is 3.58. The maximum Gasteiger partial charge on any atom is 0.0641 e. The van der Waals surface area contributed by atoms with Crippen LogP contribution >= 0.6 is 0 Å². The molecular weight excluding hydrogens is 224 g/mol. The van der Waals surface area contributed by atoms with E-state index in [1.165, 1.54) is 11.1 Å². The summed E-state index contributed by atoms with van der Waals surface area (Å²) in [5, 5.41) is 7.96. The third kappa shape index (κ3) is 2.76. The van der Waals surface area contributed by atoms with Gasteiger partial charge in [0.2, 0.25) is 0 Å². The minimum Gasteiger partial charge on any atom is -0.304 e. The molecule has 1 unspecified atom stereocenters. The molecule has 4 heteroatoms. The van der Waals surface area contributed by atoms with Gasteiger partial charge in [0.05, 0.1) is 5.69 Å². The highest BCUT2D eigenvalue weighted by Gasteiger charge is 2.14. The maximum absolute atomic E-state index is 4.38. The first-order valence-electron chi connectivity index (χ1n) is 6.24.